The van der Waals surface area contributed by atoms with E-state index in [0.717, 1.165) is 5.36 Å². The number of hydrogen-bond acceptors (Lipinski definition) is 1. The van der Waals surface area contributed by atoms with Crippen molar-refractivity contribution in [3.05, 3.63) is 46.1 Å². The van der Waals surface area contributed by atoms with Gasteiger partial charge >= 0.3 is 0 Å². The van der Waals surface area contributed by atoms with Gasteiger partial charge in [0.05, 0.1) is 5.36 Å². The minimum atomic E-state index is 0.488. The lowest BCUT2D eigenvalue weighted by atomic mass is 10.0. The highest BCUT2D eigenvalue weighted by Gasteiger charge is 2.02. The van der Waals surface area contributed by atoms with Crippen molar-refractivity contribution in [1.82, 2.24) is 0 Å². The maximum Gasteiger partial charge on any atom is 0.0699 e. The Morgan fingerprint density at radius 2 is 2.00 bits per heavy atom. The molecule has 1 aromatic carbocycles. The molecule has 0 saturated carbocycles. The van der Waals surface area contributed by atoms with Crippen LogP contribution in [0, 0.1) is 12.8 Å². The Kier molecular flexibility index (Phi) is 2.24. The molecular weight excluding hydrogens is 170 g/mol. The molecule has 1 heterocycles. The molecule has 1 aliphatic heterocycles. The van der Waals surface area contributed by atoms with E-state index in [1.165, 1.54) is 16.4 Å². The van der Waals surface area contributed by atoms with Gasteiger partial charge in [0.1, 0.15) is 0 Å². The van der Waals surface area contributed by atoms with Gasteiger partial charge in [-0.05, 0) is 36.6 Å². The molecule has 0 spiro atoms. The van der Waals surface area contributed by atoms with Crippen LogP contribution in [0.3, 0.4) is 0 Å². The zero-order chi connectivity index (χ0) is 10.1. The second kappa shape index (κ2) is 3.41. The minimum absolute atomic E-state index is 0.488. The van der Waals surface area contributed by atoms with Crippen molar-refractivity contribution in [3.8, 4) is 0 Å². The Balaban J connectivity index is 2.73. The highest BCUT2D eigenvalue weighted by molar-refractivity contribution is 5.36. The first-order chi connectivity index (χ1) is 6.66. The normalized spacial score (nSPS) is 19.9. The van der Waals surface area contributed by atoms with Crippen LogP contribution in [0.1, 0.15) is 19.4 Å². The van der Waals surface area contributed by atoms with E-state index in [4.69, 9.17) is 0 Å². The van der Waals surface area contributed by atoms with Crippen molar-refractivity contribution in [2.75, 3.05) is 0 Å². The standard InChI is InChI=1S/C13H15N/c1-9-4-5-13-12(6-9)7-10(2)11(3)8-14-13/h4-8,10H,1-3H3. The molecular formula is C13H15N. The smallest absolute Gasteiger partial charge is 0.0699 e. The van der Waals surface area contributed by atoms with Gasteiger partial charge in [-0.15, -0.1) is 0 Å². The molecule has 14 heavy (non-hydrogen) atoms. The average molecular weight is 185 g/mol. The zero-order valence-corrected chi connectivity index (χ0v) is 8.91. The molecule has 1 aromatic rings. The fraction of sp³-hybridized carbons (Fsp3) is 0.308. The molecule has 0 radical (unpaired) electrons. The topological polar surface area (TPSA) is 12.4 Å². The van der Waals surface area contributed by atoms with E-state index in [1.54, 1.807) is 0 Å². The van der Waals surface area contributed by atoms with E-state index in [2.05, 4.69) is 50.0 Å². The molecule has 0 fully saturated rings. The van der Waals surface area contributed by atoms with Gasteiger partial charge in [-0.3, -0.25) is 4.99 Å². The fourth-order valence-corrected chi connectivity index (χ4v) is 1.61. The van der Waals surface area contributed by atoms with Crippen LogP contribution in [0.5, 0.6) is 0 Å². The van der Waals surface area contributed by atoms with Gasteiger partial charge in [0.15, 0.2) is 0 Å². The zero-order valence-electron chi connectivity index (χ0n) is 8.91. The van der Waals surface area contributed by atoms with Crippen LogP contribution < -0.4 is 10.6 Å². The number of nitrogens with zero attached hydrogens (tertiary/aromatic N) is 1. The Morgan fingerprint density at radius 3 is 2.79 bits per heavy atom. The quantitative estimate of drug-likeness (QED) is 0.586. The number of rotatable bonds is 0. The summed E-state index contributed by atoms with van der Waals surface area (Å²) >= 11 is 0. The average Bonchev–Trinajstić information content (AvgIpc) is 2.27. The van der Waals surface area contributed by atoms with Gasteiger partial charge in [-0.2, -0.15) is 0 Å². The highest BCUT2D eigenvalue weighted by Crippen LogP contribution is 2.11. The van der Waals surface area contributed by atoms with Crippen LogP contribution in [0.15, 0.2) is 35.0 Å². The SMILES string of the molecule is CC1=CN=c2ccc(C)cc2=CC1C. The van der Waals surface area contributed by atoms with Crippen LogP contribution in [-0.4, -0.2) is 0 Å². The van der Waals surface area contributed by atoms with E-state index >= 15 is 0 Å². The largest absolute Gasteiger partial charge is 0.256 e. The van der Waals surface area contributed by atoms with E-state index in [0.29, 0.717) is 5.92 Å². The lowest BCUT2D eigenvalue weighted by Gasteiger charge is -2.02. The summed E-state index contributed by atoms with van der Waals surface area (Å²) in [6.45, 7) is 6.45. The second-order valence-corrected chi connectivity index (χ2v) is 4.02. The van der Waals surface area contributed by atoms with Crippen molar-refractivity contribution in [1.29, 1.82) is 0 Å². The summed E-state index contributed by atoms with van der Waals surface area (Å²) < 4.78 is 0. The van der Waals surface area contributed by atoms with Crippen molar-refractivity contribution in [3.63, 3.8) is 0 Å². The van der Waals surface area contributed by atoms with Crippen LogP contribution in [-0.2, 0) is 0 Å². The molecule has 1 atom stereocenters. The third-order valence-corrected chi connectivity index (χ3v) is 2.74. The van der Waals surface area contributed by atoms with Gasteiger partial charge in [-0.1, -0.05) is 30.7 Å². The second-order valence-electron chi connectivity index (χ2n) is 4.02. The van der Waals surface area contributed by atoms with Crippen molar-refractivity contribution >= 4 is 6.08 Å². The molecule has 1 nitrogen and oxygen atoms in total. The summed E-state index contributed by atoms with van der Waals surface area (Å²) in [4.78, 5) is 4.47. The molecule has 1 aliphatic rings. The van der Waals surface area contributed by atoms with Crippen molar-refractivity contribution < 1.29 is 0 Å². The summed E-state index contributed by atoms with van der Waals surface area (Å²) in [6, 6.07) is 6.39. The number of hydrogen-bond donors (Lipinski definition) is 0. The summed E-state index contributed by atoms with van der Waals surface area (Å²) in [5.74, 6) is 0.488. The van der Waals surface area contributed by atoms with Gasteiger partial charge in [0, 0.05) is 6.20 Å². The first-order valence-corrected chi connectivity index (χ1v) is 5.00. The molecule has 0 aliphatic carbocycles. The van der Waals surface area contributed by atoms with E-state index in [9.17, 15) is 0 Å². The number of benzene rings is 1. The summed E-state index contributed by atoms with van der Waals surface area (Å²) in [5.41, 5.74) is 2.61. The molecule has 0 saturated heterocycles. The molecule has 1 heteroatoms. The lowest BCUT2D eigenvalue weighted by Crippen LogP contribution is -2.24. The number of aryl methyl sites for hydroxylation is 1. The Morgan fingerprint density at radius 1 is 1.21 bits per heavy atom. The van der Waals surface area contributed by atoms with Crippen molar-refractivity contribution in [2.45, 2.75) is 20.8 Å². The molecule has 0 N–H and O–H groups in total. The predicted molar refractivity (Wildman–Crippen MR) is 59.3 cm³/mol. The third kappa shape index (κ3) is 1.63. The van der Waals surface area contributed by atoms with E-state index in [1.807, 2.05) is 6.20 Å². The highest BCUT2D eigenvalue weighted by atomic mass is 14.7. The number of allylic oxidation sites excluding steroid dienone is 1. The Labute approximate surface area is 84.5 Å². The monoisotopic (exact) mass is 185 g/mol. The summed E-state index contributed by atoms with van der Waals surface area (Å²) in [6.07, 6.45) is 4.26. The molecule has 72 valence electrons. The van der Waals surface area contributed by atoms with Gasteiger partial charge in [0.25, 0.3) is 0 Å². The molecule has 1 unspecified atom stereocenters. The summed E-state index contributed by atoms with van der Waals surface area (Å²) in [5, 5.41) is 2.34. The predicted octanol–water partition coefficient (Wildman–Crippen LogP) is 1.95. The Bertz CT molecular complexity index is 494. The van der Waals surface area contributed by atoms with Crippen molar-refractivity contribution in [2.24, 2.45) is 10.9 Å². The van der Waals surface area contributed by atoms with Gasteiger partial charge in [-0.25, -0.2) is 0 Å². The lowest BCUT2D eigenvalue weighted by molar-refractivity contribution is 0.908. The van der Waals surface area contributed by atoms with Crippen LogP contribution in [0.4, 0.5) is 0 Å². The molecule has 0 bridgehead atoms. The van der Waals surface area contributed by atoms with Gasteiger partial charge in [0.2, 0.25) is 0 Å². The van der Waals surface area contributed by atoms with Crippen LogP contribution in [0.25, 0.3) is 6.08 Å². The van der Waals surface area contributed by atoms with E-state index in [-0.39, 0.29) is 0 Å². The third-order valence-electron chi connectivity index (χ3n) is 2.74. The molecule has 0 amide bonds. The maximum absolute atomic E-state index is 4.47. The molecule has 2 rings (SSSR count). The maximum atomic E-state index is 4.47. The fourth-order valence-electron chi connectivity index (χ4n) is 1.61. The molecule has 0 aromatic heterocycles. The first-order valence-electron chi connectivity index (χ1n) is 5.00. The van der Waals surface area contributed by atoms with E-state index < -0.39 is 0 Å². The van der Waals surface area contributed by atoms with Gasteiger partial charge < -0.3 is 0 Å². The number of fused-ring (bicyclic) bond motifs is 1. The minimum Gasteiger partial charge on any atom is -0.256 e. The Hall–Kier alpha value is -1.37. The van der Waals surface area contributed by atoms with Crippen LogP contribution in [0.2, 0.25) is 0 Å². The van der Waals surface area contributed by atoms with Crippen LogP contribution >= 0.6 is 0 Å². The first kappa shape index (κ1) is 9.20. The summed E-state index contributed by atoms with van der Waals surface area (Å²) in [7, 11) is 0.